The van der Waals surface area contributed by atoms with Gasteiger partial charge in [0.2, 0.25) is 0 Å². The molecule has 0 bridgehead atoms. The van der Waals surface area contributed by atoms with Crippen molar-refractivity contribution in [3.8, 4) is 0 Å². The van der Waals surface area contributed by atoms with Crippen molar-refractivity contribution in [1.29, 1.82) is 0 Å². The summed E-state index contributed by atoms with van der Waals surface area (Å²) in [6.45, 7) is 1.78. The van der Waals surface area contributed by atoms with Gasteiger partial charge in [0, 0.05) is 5.69 Å². The summed E-state index contributed by atoms with van der Waals surface area (Å²) in [6, 6.07) is 2.21. The zero-order valence-electron chi connectivity index (χ0n) is 7.67. The van der Waals surface area contributed by atoms with E-state index >= 15 is 0 Å². The van der Waals surface area contributed by atoms with Crippen LogP contribution >= 0.6 is 11.6 Å². The summed E-state index contributed by atoms with van der Waals surface area (Å²) in [5.74, 6) is 0. The third kappa shape index (κ3) is 2.89. The van der Waals surface area contributed by atoms with Crippen LogP contribution in [0.4, 0.5) is 8.78 Å². The van der Waals surface area contributed by atoms with Gasteiger partial charge in [0.25, 0.3) is 6.43 Å². The van der Waals surface area contributed by atoms with Crippen LogP contribution in [0.2, 0.25) is 5.15 Å². The average molecular weight is 221 g/mol. The Kier molecular flexibility index (Phi) is 3.77. The average Bonchev–Trinajstić information content (AvgIpc) is 2.09. The first kappa shape index (κ1) is 11.3. The maximum atomic E-state index is 12.1. The van der Waals surface area contributed by atoms with Crippen molar-refractivity contribution in [3.63, 3.8) is 0 Å². The minimum absolute atomic E-state index is 0.0454. The van der Waals surface area contributed by atoms with Gasteiger partial charge in [-0.2, -0.15) is 0 Å². The van der Waals surface area contributed by atoms with Gasteiger partial charge in [-0.1, -0.05) is 17.7 Å². The largest absolute Gasteiger partial charge is 0.323 e. The Balaban J connectivity index is 2.77. The number of aromatic nitrogens is 1. The highest BCUT2D eigenvalue weighted by Crippen LogP contribution is 2.16. The summed E-state index contributed by atoms with van der Waals surface area (Å²) in [6.07, 6.45) is -2.49. The van der Waals surface area contributed by atoms with Crippen LogP contribution in [-0.4, -0.2) is 17.5 Å². The highest BCUT2D eigenvalue weighted by Gasteiger charge is 2.17. The predicted molar refractivity (Wildman–Crippen MR) is 51.7 cm³/mol. The van der Waals surface area contributed by atoms with E-state index in [4.69, 9.17) is 17.3 Å². The topological polar surface area (TPSA) is 38.9 Å². The van der Waals surface area contributed by atoms with Gasteiger partial charge in [0.1, 0.15) is 5.15 Å². The Morgan fingerprint density at radius 1 is 1.50 bits per heavy atom. The van der Waals surface area contributed by atoms with E-state index in [-0.39, 0.29) is 11.6 Å². The number of aryl methyl sites for hydroxylation is 1. The minimum Gasteiger partial charge on any atom is -0.323 e. The van der Waals surface area contributed by atoms with Gasteiger partial charge in [-0.3, -0.25) is 0 Å². The van der Waals surface area contributed by atoms with Gasteiger partial charge >= 0.3 is 0 Å². The maximum absolute atomic E-state index is 12.1. The van der Waals surface area contributed by atoms with Gasteiger partial charge in [-0.05, 0) is 25.0 Å². The number of alkyl halides is 2. The molecule has 5 heteroatoms. The summed E-state index contributed by atoms with van der Waals surface area (Å²) in [5.41, 5.74) is 6.53. The van der Waals surface area contributed by atoms with Crippen LogP contribution in [0.15, 0.2) is 12.1 Å². The van der Waals surface area contributed by atoms with Crippen molar-refractivity contribution in [2.45, 2.75) is 25.8 Å². The van der Waals surface area contributed by atoms with Crippen LogP contribution in [0.3, 0.4) is 0 Å². The van der Waals surface area contributed by atoms with Crippen molar-refractivity contribution in [2.24, 2.45) is 5.73 Å². The zero-order valence-corrected chi connectivity index (χ0v) is 8.43. The second kappa shape index (κ2) is 4.66. The lowest BCUT2D eigenvalue weighted by molar-refractivity contribution is 0.116. The van der Waals surface area contributed by atoms with E-state index in [2.05, 4.69) is 4.98 Å². The maximum Gasteiger partial charge on any atom is 0.253 e. The first-order chi connectivity index (χ1) is 6.50. The van der Waals surface area contributed by atoms with Gasteiger partial charge < -0.3 is 5.73 Å². The smallest absolute Gasteiger partial charge is 0.253 e. The molecule has 2 nitrogen and oxygen atoms in total. The highest BCUT2D eigenvalue weighted by molar-refractivity contribution is 6.30. The summed E-state index contributed by atoms with van der Waals surface area (Å²) in [4.78, 5) is 3.95. The molecule has 0 aliphatic heterocycles. The second-order valence-electron chi connectivity index (χ2n) is 3.11. The van der Waals surface area contributed by atoms with E-state index in [1.54, 1.807) is 19.1 Å². The number of halogens is 3. The lowest BCUT2D eigenvalue weighted by Gasteiger charge is -2.11. The number of pyridine rings is 1. The molecular weight excluding hydrogens is 210 g/mol. The van der Waals surface area contributed by atoms with E-state index in [0.717, 1.165) is 5.69 Å². The first-order valence-corrected chi connectivity index (χ1v) is 4.54. The molecule has 2 N–H and O–H groups in total. The summed E-state index contributed by atoms with van der Waals surface area (Å²) >= 11 is 5.77. The Morgan fingerprint density at radius 2 is 2.14 bits per heavy atom. The van der Waals surface area contributed by atoms with Crippen molar-refractivity contribution < 1.29 is 8.78 Å². The molecule has 0 aliphatic rings. The van der Waals surface area contributed by atoms with Gasteiger partial charge in [-0.25, -0.2) is 13.8 Å². The molecular formula is C9H11ClF2N2. The molecule has 0 saturated carbocycles. The molecule has 0 aromatic carbocycles. The fourth-order valence-corrected chi connectivity index (χ4v) is 1.32. The van der Waals surface area contributed by atoms with Crippen molar-refractivity contribution >= 4 is 11.6 Å². The number of nitrogens with zero attached hydrogens (tertiary/aromatic N) is 1. The Morgan fingerprint density at radius 3 is 2.64 bits per heavy atom. The molecule has 1 rings (SSSR count). The molecule has 14 heavy (non-hydrogen) atoms. The lowest BCUT2D eigenvalue weighted by Crippen LogP contribution is -2.31. The van der Waals surface area contributed by atoms with E-state index in [9.17, 15) is 8.78 Å². The predicted octanol–water partition coefficient (Wildman–Crippen LogP) is 2.18. The highest BCUT2D eigenvalue weighted by atomic mass is 35.5. The van der Waals surface area contributed by atoms with Gasteiger partial charge in [-0.15, -0.1) is 0 Å². The molecule has 0 aliphatic carbocycles. The molecule has 1 atom stereocenters. The van der Waals surface area contributed by atoms with E-state index in [0.29, 0.717) is 5.56 Å². The van der Waals surface area contributed by atoms with Crippen LogP contribution in [-0.2, 0) is 6.42 Å². The fraction of sp³-hybridized carbons (Fsp3) is 0.444. The van der Waals surface area contributed by atoms with Crippen LogP contribution in [0.5, 0.6) is 0 Å². The Labute approximate surface area is 86.1 Å². The molecule has 0 spiro atoms. The minimum atomic E-state index is -2.53. The quantitative estimate of drug-likeness (QED) is 0.793. The normalized spacial score (nSPS) is 13.3. The van der Waals surface area contributed by atoms with Crippen molar-refractivity contribution in [1.82, 2.24) is 4.98 Å². The summed E-state index contributed by atoms with van der Waals surface area (Å²) < 4.78 is 24.3. The molecule has 1 aromatic heterocycles. The number of hydrogen-bond donors (Lipinski definition) is 1. The van der Waals surface area contributed by atoms with Crippen LogP contribution in [0.25, 0.3) is 0 Å². The first-order valence-electron chi connectivity index (χ1n) is 4.16. The van der Waals surface area contributed by atoms with Gasteiger partial charge in [0.15, 0.2) is 0 Å². The Bertz CT molecular complexity index is 318. The molecule has 0 amide bonds. The molecule has 0 saturated heterocycles. The molecule has 78 valence electrons. The fourth-order valence-electron chi connectivity index (χ4n) is 1.05. The second-order valence-corrected chi connectivity index (χ2v) is 3.46. The van der Waals surface area contributed by atoms with Crippen LogP contribution in [0.1, 0.15) is 11.3 Å². The number of hydrogen-bond acceptors (Lipinski definition) is 2. The van der Waals surface area contributed by atoms with Crippen molar-refractivity contribution in [2.75, 3.05) is 0 Å². The van der Waals surface area contributed by atoms with Gasteiger partial charge in [0.05, 0.1) is 6.04 Å². The van der Waals surface area contributed by atoms with E-state index in [1.807, 2.05) is 0 Å². The zero-order chi connectivity index (χ0) is 10.7. The SMILES string of the molecule is Cc1ccc(CC(N)C(F)F)c(Cl)n1. The van der Waals surface area contributed by atoms with Crippen LogP contribution < -0.4 is 5.73 Å². The number of rotatable bonds is 3. The number of nitrogens with two attached hydrogens (primary N) is 1. The van der Waals surface area contributed by atoms with E-state index in [1.165, 1.54) is 0 Å². The van der Waals surface area contributed by atoms with Crippen LogP contribution in [0, 0.1) is 6.92 Å². The molecule has 1 aromatic rings. The molecule has 0 radical (unpaired) electrons. The summed E-state index contributed by atoms with van der Waals surface area (Å²) in [5, 5.41) is 0.251. The van der Waals surface area contributed by atoms with E-state index < -0.39 is 12.5 Å². The third-order valence-corrected chi connectivity index (χ3v) is 2.17. The molecule has 1 unspecified atom stereocenters. The standard InChI is InChI=1S/C9H11ClF2N2/c1-5-2-3-6(8(10)14-5)4-7(13)9(11)12/h2-3,7,9H,4,13H2,1H3. The summed E-state index contributed by atoms with van der Waals surface area (Å²) in [7, 11) is 0. The monoisotopic (exact) mass is 220 g/mol. The lowest BCUT2D eigenvalue weighted by atomic mass is 10.1. The molecule has 0 fully saturated rings. The third-order valence-electron chi connectivity index (χ3n) is 1.84. The molecule has 1 heterocycles. The van der Waals surface area contributed by atoms with Crippen molar-refractivity contribution in [3.05, 3.63) is 28.5 Å². The Hall–Kier alpha value is -0.740.